The van der Waals surface area contributed by atoms with Crippen molar-refractivity contribution < 1.29 is 19.4 Å². The van der Waals surface area contributed by atoms with Gasteiger partial charge in [-0.3, -0.25) is 0 Å². The molecule has 88 valence electrons. The molecule has 0 unspecified atom stereocenters. The molecule has 0 fully saturated rings. The predicted molar refractivity (Wildman–Crippen MR) is 56.5 cm³/mol. The highest BCUT2D eigenvalue weighted by Crippen LogP contribution is 2.07. The van der Waals surface area contributed by atoms with Crippen LogP contribution < -0.4 is 10.6 Å². The molecule has 0 aliphatic rings. The van der Waals surface area contributed by atoms with Crippen molar-refractivity contribution in [2.24, 2.45) is 0 Å². The summed E-state index contributed by atoms with van der Waals surface area (Å²) < 4.78 is 12.5. The number of amides is 2. The highest BCUT2D eigenvalue weighted by molar-refractivity contribution is 5.89. The first kappa shape index (κ1) is 12.4. The van der Waals surface area contributed by atoms with Gasteiger partial charge in [-0.25, -0.2) is 9.18 Å². The molecule has 0 aliphatic carbocycles. The lowest BCUT2D eigenvalue weighted by molar-refractivity contribution is 0.172. The molecule has 1 aromatic carbocycles. The summed E-state index contributed by atoms with van der Waals surface area (Å²) >= 11 is 0. The molecule has 1 rings (SSSR count). The fourth-order valence-electron chi connectivity index (χ4n) is 1.03. The van der Waals surface area contributed by atoms with E-state index in [2.05, 4.69) is 10.6 Å². The van der Waals surface area contributed by atoms with E-state index in [4.69, 9.17) is 10.2 Å². The zero-order chi connectivity index (χ0) is 12.0. The maximum atomic E-state index is 12.5. The van der Waals surface area contributed by atoms with Gasteiger partial charge < -0.3 is 20.8 Å². The van der Waals surface area contributed by atoms with Crippen LogP contribution in [0.4, 0.5) is 14.9 Å². The minimum absolute atomic E-state index is 0.354. The molecule has 0 bridgehead atoms. The van der Waals surface area contributed by atoms with Crippen LogP contribution in [0.3, 0.4) is 0 Å². The van der Waals surface area contributed by atoms with Crippen LogP contribution in [-0.4, -0.2) is 35.5 Å². The van der Waals surface area contributed by atoms with Gasteiger partial charge in [0.25, 0.3) is 0 Å². The van der Waals surface area contributed by atoms with Gasteiger partial charge in [0.05, 0.1) is 19.3 Å². The normalized spacial score (nSPS) is 10.2. The Hall–Kier alpha value is -1.66. The van der Waals surface area contributed by atoms with Crippen LogP contribution in [0.25, 0.3) is 0 Å². The molecule has 5 nitrogen and oxygen atoms in total. The lowest BCUT2D eigenvalue weighted by atomic mass is 10.3. The third-order valence-corrected chi connectivity index (χ3v) is 1.88. The summed E-state index contributed by atoms with van der Waals surface area (Å²) in [6, 6.07) is 3.96. The number of benzene rings is 1. The van der Waals surface area contributed by atoms with E-state index in [1.165, 1.54) is 24.3 Å². The molecule has 16 heavy (non-hydrogen) atoms. The van der Waals surface area contributed by atoms with Crippen LogP contribution in [-0.2, 0) is 0 Å². The minimum atomic E-state index is -0.708. The monoisotopic (exact) mass is 228 g/mol. The Kier molecular flexibility index (Phi) is 4.68. The molecule has 0 radical (unpaired) electrons. The summed E-state index contributed by atoms with van der Waals surface area (Å²) in [6.07, 6.45) is 0. The van der Waals surface area contributed by atoms with Gasteiger partial charge in [0.2, 0.25) is 0 Å². The minimum Gasteiger partial charge on any atom is -0.394 e. The number of nitrogens with one attached hydrogen (secondary N) is 2. The van der Waals surface area contributed by atoms with E-state index in [0.29, 0.717) is 5.69 Å². The maximum Gasteiger partial charge on any atom is 0.319 e. The van der Waals surface area contributed by atoms with Crippen molar-refractivity contribution in [1.29, 1.82) is 0 Å². The number of carbonyl (C=O) groups excluding carboxylic acids is 1. The molecule has 0 aliphatic heterocycles. The number of carbonyl (C=O) groups is 1. The van der Waals surface area contributed by atoms with E-state index in [9.17, 15) is 9.18 Å². The van der Waals surface area contributed by atoms with E-state index in [1.807, 2.05) is 0 Å². The van der Waals surface area contributed by atoms with E-state index < -0.39 is 17.9 Å². The summed E-state index contributed by atoms with van der Waals surface area (Å²) in [5, 5.41) is 22.2. The van der Waals surface area contributed by atoms with Crippen molar-refractivity contribution in [1.82, 2.24) is 5.32 Å². The summed E-state index contributed by atoms with van der Waals surface area (Å²) in [5.74, 6) is -0.394. The Morgan fingerprint density at radius 3 is 2.31 bits per heavy atom. The third kappa shape index (κ3) is 3.84. The van der Waals surface area contributed by atoms with Crippen molar-refractivity contribution in [3.8, 4) is 0 Å². The molecular weight excluding hydrogens is 215 g/mol. The Bertz CT molecular complexity index is 338. The topological polar surface area (TPSA) is 81.6 Å². The number of aliphatic hydroxyl groups is 2. The highest BCUT2D eigenvalue weighted by Gasteiger charge is 2.09. The van der Waals surface area contributed by atoms with E-state index in [-0.39, 0.29) is 13.2 Å². The maximum absolute atomic E-state index is 12.5. The zero-order valence-corrected chi connectivity index (χ0v) is 8.48. The predicted octanol–water partition coefficient (Wildman–Crippen LogP) is 0.300. The molecule has 0 aromatic heterocycles. The number of hydrogen-bond donors (Lipinski definition) is 4. The summed E-state index contributed by atoms with van der Waals surface area (Å²) in [6.45, 7) is -0.708. The molecule has 0 saturated carbocycles. The summed E-state index contributed by atoms with van der Waals surface area (Å²) in [5.41, 5.74) is 0.425. The molecule has 0 spiro atoms. The van der Waals surface area contributed by atoms with Gasteiger partial charge in [0.15, 0.2) is 0 Å². The van der Waals surface area contributed by atoms with Crippen molar-refractivity contribution >= 4 is 11.7 Å². The second-order valence-corrected chi connectivity index (χ2v) is 3.17. The first-order chi connectivity index (χ1) is 7.65. The molecule has 0 saturated heterocycles. The molecule has 2 amide bonds. The molecule has 0 atom stereocenters. The first-order valence-electron chi connectivity index (χ1n) is 4.70. The summed E-state index contributed by atoms with van der Waals surface area (Å²) in [4.78, 5) is 11.3. The van der Waals surface area contributed by atoms with Crippen molar-refractivity contribution in [3.05, 3.63) is 30.1 Å². The Morgan fingerprint density at radius 1 is 1.25 bits per heavy atom. The number of halogens is 1. The van der Waals surface area contributed by atoms with Crippen LogP contribution >= 0.6 is 0 Å². The van der Waals surface area contributed by atoms with Crippen molar-refractivity contribution in [2.75, 3.05) is 18.5 Å². The van der Waals surface area contributed by atoms with Crippen LogP contribution in [0.5, 0.6) is 0 Å². The number of hydrogen-bond acceptors (Lipinski definition) is 3. The van der Waals surface area contributed by atoms with Crippen LogP contribution in [0.2, 0.25) is 0 Å². The largest absolute Gasteiger partial charge is 0.394 e. The Morgan fingerprint density at radius 2 is 1.81 bits per heavy atom. The molecule has 6 heteroatoms. The van der Waals surface area contributed by atoms with Gasteiger partial charge in [-0.1, -0.05) is 0 Å². The van der Waals surface area contributed by atoms with Crippen molar-refractivity contribution in [3.63, 3.8) is 0 Å². The standard InChI is InChI=1S/C10H13FN2O3/c11-7-1-3-8(4-2-7)12-10(16)13-9(5-14)6-15/h1-4,9,14-15H,5-6H2,(H2,12,13,16). The average Bonchev–Trinajstić information content (AvgIpc) is 2.29. The molecule has 4 N–H and O–H groups in total. The van der Waals surface area contributed by atoms with Crippen molar-refractivity contribution in [2.45, 2.75) is 6.04 Å². The van der Waals surface area contributed by atoms with Crippen LogP contribution in [0.15, 0.2) is 24.3 Å². The number of aliphatic hydroxyl groups excluding tert-OH is 2. The quantitative estimate of drug-likeness (QED) is 0.598. The van der Waals surface area contributed by atoms with Gasteiger partial charge in [0, 0.05) is 5.69 Å². The van der Waals surface area contributed by atoms with Gasteiger partial charge in [-0.2, -0.15) is 0 Å². The number of rotatable bonds is 4. The third-order valence-electron chi connectivity index (χ3n) is 1.88. The van der Waals surface area contributed by atoms with Gasteiger partial charge >= 0.3 is 6.03 Å². The molecule has 1 aromatic rings. The smallest absolute Gasteiger partial charge is 0.319 e. The van der Waals surface area contributed by atoms with Gasteiger partial charge in [0.1, 0.15) is 5.82 Å². The van der Waals surface area contributed by atoms with Crippen LogP contribution in [0, 0.1) is 5.82 Å². The summed E-state index contributed by atoms with van der Waals surface area (Å²) in [7, 11) is 0. The first-order valence-corrected chi connectivity index (χ1v) is 4.70. The molecular formula is C10H13FN2O3. The zero-order valence-electron chi connectivity index (χ0n) is 8.48. The lowest BCUT2D eigenvalue weighted by Crippen LogP contribution is -2.42. The number of urea groups is 1. The fraction of sp³-hybridized carbons (Fsp3) is 0.300. The fourth-order valence-corrected chi connectivity index (χ4v) is 1.03. The Labute approximate surface area is 91.9 Å². The van der Waals surface area contributed by atoms with E-state index in [0.717, 1.165) is 0 Å². The van der Waals surface area contributed by atoms with Gasteiger partial charge in [-0.05, 0) is 24.3 Å². The number of anilines is 1. The van der Waals surface area contributed by atoms with E-state index in [1.54, 1.807) is 0 Å². The lowest BCUT2D eigenvalue weighted by Gasteiger charge is -2.13. The Balaban J connectivity index is 2.48. The average molecular weight is 228 g/mol. The van der Waals surface area contributed by atoms with E-state index >= 15 is 0 Å². The van der Waals surface area contributed by atoms with Crippen LogP contribution in [0.1, 0.15) is 0 Å². The van der Waals surface area contributed by atoms with Gasteiger partial charge in [-0.15, -0.1) is 0 Å². The highest BCUT2D eigenvalue weighted by atomic mass is 19.1. The SMILES string of the molecule is O=C(Nc1ccc(F)cc1)NC(CO)CO. The molecule has 0 heterocycles. The second-order valence-electron chi connectivity index (χ2n) is 3.17. The second kappa shape index (κ2) is 6.04.